The summed E-state index contributed by atoms with van der Waals surface area (Å²) >= 11 is 1.86. The van der Waals surface area contributed by atoms with Crippen LogP contribution in [0, 0.1) is 6.92 Å². The van der Waals surface area contributed by atoms with Crippen LogP contribution in [0.2, 0.25) is 0 Å². The summed E-state index contributed by atoms with van der Waals surface area (Å²) in [7, 11) is 0. The molecule has 94 valence electrons. The summed E-state index contributed by atoms with van der Waals surface area (Å²) in [4.78, 5) is 1.21. The lowest BCUT2D eigenvalue weighted by molar-refractivity contribution is 0.104. The van der Waals surface area contributed by atoms with Crippen molar-refractivity contribution < 1.29 is 4.74 Å². The first-order chi connectivity index (χ1) is 8.25. The van der Waals surface area contributed by atoms with Gasteiger partial charge < -0.3 is 10.5 Å². The summed E-state index contributed by atoms with van der Waals surface area (Å²) in [6, 6.07) is 6.29. The Kier molecular flexibility index (Phi) is 4.75. The fourth-order valence-electron chi connectivity index (χ4n) is 2.16. The predicted molar refractivity (Wildman–Crippen MR) is 74.5 cm³/mol. The van der Waals surface area contributed by atoms with E-state index in [1.54, 1.807) is 0 Å². The molecule has 0 aromatic heterocycles. The SMILES string of the molecule is Cc1ccc(SCCCC2CCCO2)c(N)c1. The van der Waals surface area contributed by atoms with E-state index in [4.69, 9.17) is 10.5 Å². The second kappa shape index (κ2) is 6.31. The van der Waals surface area contributed by atoms with E-state index in [1.807, 2.05) is 17.8 Å². The van der Waals surface area contributed by atoms with E-state index in [2.05, 4.69) is 19.1 Å². The predicted octanol–water partition coefficient (Wildman–Crippen LogP) is 3.63. The summed E-state index contributed by atoms with van der Waals surface area (Å²) in [5.41, 5.74) is 8.12. The van der Waals surface area contributed by atoms with E-state index in [0.717, 1.165) is 18.0 Å². The van der Waals surface area contributed by atoms with E-state index in [9.17, 15) is 0 Å². The molecule has 1 aromatic rings. The van der Waals surface area contributed by atoms with Crippen molar-refractivity contribution >= 4 is 17.4 Å². The molecule has 1 aliphatic heterocycles. The van der Waals surface area contributed by atoms with E-state index in [-0.39, 0.29) is 0 Å². The Morgan fingerprint density at radius 1 is 1.47 bits per heavy atom. The molecule has 0 aliphatic carbocycles. The Morgan fingerprint density at radius 2 is 2.35 bits per heavy atom. The van der Waals surface area contributed by atoms with Gasteiger partial charge in [-0.05, 0) is 56.1 Å². The minimum Gasteiger partial charge on any atom is -0.398 e. The van der Waals surface area contributed by atoms with Crippen molar-refractivity contribution in [2.45, 2.75) is 43.6 Å². The van der Waals surface area contributed by atoms with Gasteiger partial charge in [0.25, 0.3) is 0 Å². The third-order valence-electron chi connectivity index (χ3n) is 3.12. The summed E-state index contributed by atoms with van der Waals surface area (Å²) in [6.07, 6.45) is 5.41. The number of thioether (sulfide) groups is 1. The molecule has 2 rings (SSSR count). The lowest BCUT2D eigenvalue weighted by Gasteiger charge is -2.09. The van der Waals surface area contributed by atoms with Gasteiger partial charge in [-0.15, -0.1) is 11.8 Å². The van der Waals surface area contributed by atoms with Crippen molar-refractivity contribution in [3.05, 3.63) is 23.8 Å². The van der Waals surface area contributed by atoms with Crippen LogP contribution >= 0.6 is 11.8 Å². The standard InChI is InChI=1S/C14H21NOS/c1-11-6-7-14(13(15)10-11)17-9-3-5-12-4-2-8-16-12/h6-7,10,12H,2-5,8-9,15H2,1H3. The summed E-state index contributed by atoms with van der Waals surface area (Å²) in [6.45, 7) is 3.03. The van der Waals surface area contributed by atoms with Crippen LogP contribution in [-0.2, 0) is 4.74 Å². The maximum atomic E-state index is 5.98. The maximum absolute atomic E-state index is 5.98. The van der Waals surface area contributed by atoms with Gasteiger partial charge in [-0.2, -0.15) is 0 Å². The average Bonchev–Trinajstić information content (AvgIpc) is 2.79. The fraction of sp³-hybridized carbons (Fsp3) is 0.571. The van der Waals surface area contributed by atoms with Crippen molar-refractivity contribution in [3.63, 3.8) is 0 Å². The number of benzene rings is 1. The lowest BCUT2D eigenvalue weighted by atomic mass is 10.1. The smallest absolute Gasteiger partial charge is 0.0576 e. The maximum Gasteiger partial charge on any atom is 0.0576 e. The van der Waals surface area contributed by atoms with E-state index in [0.29, 0.717) is 6.10 Å². The van der Waals surface area contributed by atoms with Crippen molar-refractivity contribution in [3.8, 4) is 0 Å². The van der Waals surface area contributed by atoms with Crippen molar-refractivity contribution in [2.75, 3.05) is 18.1 Å². The molecule has 1 heterocycles. The Bertz CT molecular complexity index is 361. The van der Waals surface area contributed by atoms with Gasteiger partial charge in [0.15, 0.2) is 0 Å². The molecule has 0 spiro atoms. The van der Waals surface area contributed by atoms with Crippen molar-refractivity contribution in [1.29, 1.82) is 0 Å². The van der Waals surface area contributed by atoms with Gasteiger partial charge in [-0.25, -0.2) is 0 Å². The Hall–Kier alpha value is -0.670. The molecule has 0 saturated carbocycles. The second-order valence-corrected chi connectivity index (χ2v) is 5.80. The molecule has 2 nitrogen and oxygen atoms in total. The summed E-state index contributed by atoms with van der Waals surface area (Å²) in [5, 5.41) is 0. The van der Waals surface area contributed by atoms with Crippen LogP contribution in [0.15, 0.2) is 23.1 Å². The first kappa shape index (κ1) is 12.8. The van der Waals surface area contributed by atoms with E-state index < -0.39 is 0 Å². The number of aryl methyl sites for hydroxylation is 1. The van der Waals surface area contributed by atoms with Crippen LogP contribution in [0.1, 0.15) is 31.2 Å². The highest BCUT2D eigenvalue weighted by molar-refractivity contribution is 7.99. The number of nitrogen functional groups attached to an aromatic ring is 1. The van der Waals surface area contributed by atoms with Gasteiger partial charge in [0.05, 0.1) is 6.10 Å². The van der Waals surface area contributed by atoms with Gasteiger partial charge in [0.1, 0.15) is 0 Å². The molecule has 1 aliphatic rings. The number of nitrogens with two attached hydrogens (primary N) is 1. The minimum absolute atomic E-state index is 0.519. The van der Waals surface area contributed by atoms with Crippen LogP contribution < -0.4 is 5.73 Å². The molecule has 1 atom stereocenters. The number of anilines is 1. The summed E-state index contributed by atoms with van der Waals surface area (Å²) < 4.78 is 5.61. The highest BCUT2D eigenvalue weighted by atomic mass is 32.2. The topological polar surface area (TPSA) is 35.2 Å². The molecule has 2 N–H and O–H groups in total. The summed E-state index contributed by atoms with van der Waals surface area (Å²) in [5.74, 6) is 1.13. The van der Waals surface area contributed by atoms with E-state index in [1.165, 1.54) is 36.1 Å². The molecule has 1 fully saturated rings. The Morgan fingerprint density at radius 3 is 3.06 bits per heavy atom. The molecule has 1 aromatic carbocycles. The van der Waals surface area contributed by atoms with Gasteiger partial charge in [-0.3, -0.25) is 0 Å². The molecule has 3 heteroatoms. The van der Waals surface area contributed by atoms with Crippen molar-refractivity contribution in [2.24, 2.45) is 0 Å². The third kappa shape index (κ3) is 3.93. The number of rotatable bonds is 5. The monoisotopic (exact) mass is 251 g/mol. The van der Waals surface area contributed by atoms with Gasteiger partial charge in [-0.1, -0.05) is 6.07 Å². The third-order valence-corrected chi connectivity index (χ3v) is 4.29. The van der Waals surface area contributed by atoms with Crippen LogP contribution in [-0.4, -0.2) is 18.5 Å². The molecule has 0 radical (unpaired) electrons. The van der Waals surface area contributed by atoms with Crippen LogP contribution in [0.3, 0.4) is 0 Å². The highest BCUT2D eigenvalue weighted by Gasteiger charge is 2.14. The first-order valence-corrected chi connectivity index (χ1v) is 7.35. The Labute approximate surface area is 108 Å². The largest absolute Gasteiger partial charge is 0.398 e. The number of hydrogen-bond acceptors (Lipinski definition) is 3. The van der Waals surface area contributed by atoms with Crippen LogP contribution in [0.25, 0.3) is 0 Å². The number of ether oxygens (including phenoxy) is 1. The normalized spacial score (nSPS) is 19.7. The molecular weight excluding hydrogens is 230 g/mol. The fourth-order valence-corrected chi connectivity index (χ4v) is 3.09. The van der Waals surface area contributed by atoms with Crippen LogP contribution in [0.5, 0.6) is 0 Å². The zero-order valence-corrected chi connectivity index (χ0v) is 11.3. The first-order valence-electron chi connectivity index (χ1n) is 6.36. The van der Waals surface area contributed by atoms with Crippen LogP contribution in [0.4, 0.5) is 5.69 Å². The molecule has 0 bridgehead atoms. The van der Waals surface area contributed by atoms with E-state index >= 15 is 0 Å². The average molecular weight is 251 g/mol. The molecule has 1 unspecified atom stereocenters. The molecule has 1 saturated heterocycles. The second-order valence-electron chi connectivity index (χ2n) is 4.67. The lowest BCUT2D eigenvalue weighted by Crippen LogP contribution is -2.04. The molecular formula is C14H21NOS. The van der Waals surface area contributed by atoms with Gasteiger partial charge >= 0.3 is 0 Å². The Balaban J connectivity index is 1.70. The van der Waals surface area contributed by atoms with Gasteiger partial charge in [0.2, 0.25) is 0 Å². The van der Waals surface area contributed by atoms with Crippen molar-refractivity contribution in [1.82, 2.24) is 0 Å². The molecule has 0 amide bonds. The zero-order valence-electron chi connectivity index (χ0n) is 10.4. The number of hydrogen-bond donors (Lipinski definition) is 1. The zero-order chi connectivity index (χ0) is 12.1. The minimum atomic E-state index is 0.519. The van der Waals surface area contributed by atoms with Gasteiger partial charge in [0, 0.05) is 17.2 Å². The highest BCUT2D eigenvalue weighted by Crippen LogP contribution is 2.27. The quantitative estimate of drug-likeness (QED) is 0.493. The molecule has 17 heavy (non-hydrogen) atoms.